The number of halogens is 2. The van der Waals surface area contributed by atoms with E-state index < -0.39 is 16.4 Å². The molecule has 0 radical (unpaired) electrons. The maximum atomic E-state index is 13.1. The molecule has 0 aliphatic heterocycles. The van der Waals surface area contributed by atoms with Crippen molar-refractivity contribution < 1.29 is 14.4 Å². The molecule has 0 saturated heterocycles. The van der Waals surface area contributed by atoms with Crippen molar-refractivity contribution in [2.24, 2.45) is 4.99 Å². The van der Waals surface area contributed by atoms with Gasteiger partial charge in [0.15, 0.2) is 0 Å². The van der Waals surface area contributed by atoms with E-state index in [4.69, 9.17) is 0 Å². The Labute approximate surface area is 128 Å². The predicted octanol–water partition coefficient (Wildman–Crippen LogP) is 4.26. The van der Waals surface area contributed by atoms with Gasteiger partial charge in [0.2, 0.25) is 5.75 Å². The van der Waals surface area contributed by atoms with Crippen molar-refractivity contribution in [1.82, 2.24) is 0 Å². The molecular formula is C14H10BrFN2O3. The van der Waals surface area contributed by atoms with E-state index in [1.54, 1.807) is 6.92 Å². The highest BCUT2D eigenvalue weighted by Crippen LogP contribution is 2.32. The van der Waals surface area contributed by atoms with Crippen molar-refractivity contribution in [1.29, 1.82) is 0 Å². The lowest BCUT2D eigenvalue weighted by Crippen LogP contribution is -1.92. The molecule has 7 heteroatoms. The van der Waals surface area contributed by atoms with Gasteiger partial charge in [-0.25, -0.2) is 4.39 Å². The molecule has 0 atom stereocenters. The highest BCUT2D eigenvalue weighted by atomic mass is 79.9. The number of hydrogen-bond donors (Lipinski definition) is 1. The van der Waals surface area contributed by atoms with Gasteiger partial charge < -0.3 is 5.11 Å². The highest BCUT2D eigenvalue weighted by molar-refractivity contribution is 9.10. The van der Waals surface area contributed by atoms with Crippen LogP contribution in [0.4, 0.5) is 15.8 Å². The van der Waals surface area contributed by atoms with Gasteiger partial charge in [-0.3, -0.25) is 15.1 Å². The Hall–Kier alpha value is -2.28. The normalized spacial score (nSPS) is 11.0. The molecule has 0 saturated carbocycles. The van der Waals surface area contributed by atoms with Crippen molar-refractivity contribution in [3.63, 3.8) is 0 Å². The van der Waals surface area contributed by atoms with Crippen molar-refractivity contribution >= 4 is 33.5 Å². The number of aliphatic imine (C=N–C) groups is 1. The summed E-state index contributed by atoms with van der Waals surface area (Å²) in [5, 5.41) is 20.7. The minimum atomic E-state index is -0.681. The van der Waals surface area contributed by atoms with E-state index in [-0.39, 0.29) is 11.4 Å². The number of aromatic hydroxyl groups is 1. The van der Waals surface area contributed by atoms with Crippen LogP contribution in [-0.2, 0) is 0 Å². The van der Waals surface area contributed by atoms with E-state index in [0.717, 1.165) is 0 Å². The molecule has 0 heterocycles. The molecule has 0 amide bonds. The van der Waals surface area contributed by atoms with Crippen LogP contribution in [0.25, 0.3) is 0 Å². The van der Waals surface area contributed by atoms with Crippen molar-refractivity contribution in [3.05, 3.63) is 61.9 Å². The van der Waals surface area contributed by atoms with E-state index in [9.17, 15) is 19.6 Å². The summed E-state index contributed by atoms with van der Waals surface area (Å²) in [6.45, 7) is 1.61. The van der Waals surface area contributed by atoms with Gasteiger partial charge in [-0.05, 0) is 36.8 Å². The average Bonchev–Trinajstić information content (AvgIpc) is 2.42. The topological polar surface area (TPSA) is 75.7 Å². The summed E-state index contributed by atoms with van der Waals surface area (Å²) in [5.74, 6) is -0.805. The van der Waals surface area contributed by atoms with E-state index in [1.165, 1.54) is 36.5 Å². The Kier molecular flexibility index (Phi) is 4.32. The van der Waals surface area contributed by atoms with Crippen LogP contribution in [-0.4, -0.2) is 16.2 Å². The number of hydrogen-bond acceptors (Lipinski definition) is 4. The van der Waals surface area contributed by atoms with E-state index in [2.05, 4.69) is 20.9 Å². The Bertz CT molecular complexity index is 747. The number of nitro groups is 1. The zero-order valence-corrected chi connectivity index (χ0v) is 12.5. The molecule has 0 bridgehead atoms. The molecule has 0 unspecified atom stereocenters. The number of benzene rings is 2. The molecule has 5 nitrogen and oxygen atoms in total. The number of nitro benzene ring substituents is 1. The molecule has 1 N–H and O–H groups in total. The van der Waals surface area contributed by atoms with Gasteiger partial charge in [0.1, 0.15) is 5.82 Å². The smallest absolute Gasteiger partial charge is 0.312 e. The van der Waals surface area contributed by atoms with Crippen LogP contribution < -0.4 is 0 Å². The molecule has 0 aliphatic rings. The Morgan fingerprint density at radius 3 is 2.71 bits per heavy atom. The molecule has 2 aromatic carbocycles. The van der Waals surface area contributed by atoms with Gasteiger partial charge >= 0.3 is 5.69 Å². The molecule has 2 rings (SSSR count). The maximum Gasteiger partial charge on any atom is 0.312 e. The van der Waals surface area contributed by atoms with Crippen LogP contribution in [0.2, 0.25) is 0 Å². The monoisotopic (exact) mass is 352 g/mol. The molecule has 0 fully saturated rings. The fourth-order valence-electron chi connectivity index (χ4n) is 1.70. The van der Waals surface area contributed by atoms with Crippen LogP contribution in [0.3, 0.4) is 0 Å². The lowest BCUT2D eigenvalue weighted by Gasteiger charge is -2.02. The van der Waals surface area contributed by atoms with Gasteiger partial charge in [0.25, 0.3) is 0 Å². The minimum Gasteiger partial charge on any atom is -0.502 e. The molecule has 21 heavy (non-hydrogen) atoms. The third-order valence-electron chi connectivity index (χ3n) is 2.77. The van der Waals surface area contributed by atoms with Gasteiger partial charge in [0, 0.05) is 22.3 Å². The maximum absolute atomic E-state index is 13.1. The number of rotatable bonds is 3. The predicted molar refractivity (Wildman–Crippen MR) is 80.9 cm³/mol. The van der Waals surface area contributed by atoms with E-state index >= 15 is 0 Å². The number of phenolic OH excluding ortho intramolecular Hbond substituents is 1. The van der Waals surface area contributed by atoms with Crippen LogP contribution in [0.1, 0.15) is 11.1 Å². The highest BCUT2D eigenvalue weighted by Gasteiger charge is 2.17. The summed E-state index contributed by atoms with van der Waals surface area (Å²) in [5.41, 5.74) is 0.698. The Balaban J connectivity index is 2.41. The first-order chi connectivity index (χ1) is 9.88. The van der Waals surface area contributed by atoms with Gasteiger partial charge in [-0.1, -0.05) is 15.9 Å². The van der Waals surface area contributed by atoms with Crippen molar-refractivity contribution in [3.8, 4) is 5.75 Å². The standard InChI is InChI=1S/C14H10BrFN2O3/c1-8-4-11(2-3-12(8)16)17-7-9-5-10(15)6-13(14(9)19)18(20)21/h2-7,19H,1H3. The van der Waals surface area contributed by atoms with Gasteiger partial charge in [0.05, 0.1) is 10.6 Å². The Morgan fingerprint density at radius 2 is 2.10 bits per heavy atom. The summed E-state index contributed by atoms with van der Waals surface area (Å²) in [6.07, 6.45) is 1.29. The fraction of sp³-hybridized carbons (Fsp3) is 0.0714. The third kappa shape index (κ3) is 3.43. The molecule has 0 aromatic heterocycles. The van der Waals surface area contributed by atoms with Crippen LogP contribution >= 0.6 is 15.9 Å². The fourth-order valence-corrected chi connectivity index (χ4v) is 2.16. The molecule has 2 aromatic rings. The first-order valence-corrected chi connectivity index (χ1v) is 6.65. The summed E-state index contributed by atoms with van der Waals surface area (Å²) >= 11 is 3.14. The van der Waals surface area contributed by atoms with Crippen LogP contribution in [0, 0.1) is 22.9 Å². The number of nitrogens with zero attached hydrogens (tertiary/aromatic N) is 2. The first kappa shape index (κ1) is 15.1. The number of aryl methyl sites for hydroxylation is 1. The lowest BCUT2D eigenvalue weighted by molar-refractivity contribution is -0.385. The zero-order chi connectivity index (χ0) is 15.6. The molecule has 108 valence electrons. The summed E-state index contributed by atoms with van der Waals surface area (Å²) < 4.78 is 13.6. The minimum absolute atomic E-state index is 0.193. The quantitative estimate of drug-likeness (QED) is 0.509. The summed E-state index contributed by atoms with van der Waals surface area (Å²) in [6, 6.07) is 7.00. The van der Waals surface area contributed by atoms with Crippen LogP contribution in [0.5, 0.6) is 5.75 Å². The molecule has 0 spiro atoms. The zero-order valence-electron chi connectivity index (χ0n) is 10.9. The second-order valence-electron chi connectivity index (χ2n) is 4.31. The number of phenols is 1. The molecular weight excluding hydrogens is 343 g/mol. The SMILES string of the molecule is Cc1cc(N=Cc2cc(Br)cc([N+](=O)[O-])c2O)ccc1F. The second kappa shape index (κ2) is 6.01. The van der Waals surface area contributed by atoms with Crippen LogP contribution in [0.15, 0.2) is 39.8 Å². The van der Waals surface area contributed by atoms with Gasteiger partial charge in [-0.15, -0.1) is 0 Å². The second-order valence-corrected chi connectivity index (χ2v) is 5.23. The summed E-state index contributed by atoms with van der Waals surface area (Å²) in [7, 11) is 0. The largest absolute Gasteiger partial charge is 0.502 e. The van der Waals surface area contributed by atoms with Crippen molar-refractivity contribution in [2.75, 3.05) is 0 Å². The molecule has 0 aliphatic carbocycles. The van der Waals surface area contributed by atoms with E-state index in [0.29, 0.717) is 15.7 Å². The first-order valence-electron chi connectivity index (χ1n) is 5.85. The average molecular weight is 353 g/mol. The van der Waals surface area contributed by atoms with E-state index in [1.807, 2.05) is 0 Å². The Morgan fingerprint density at radius 1 is 1.38 bits per heavy atom. The summed E-state index contributed by atoms with van der Waals surface area (Å²) in [4.78, 5) is 14.2. The van der Waals surface area contributed by atoms with Crippen molar-refractivity contribution in [2.45, 2.75) is 6.92 Å². The van der Waals surface area contributed by atoms with Gasteiger partial charge in [-0.2, -0.15) is 0 Å². The lowest BCUT2D eigenvalue weighted by atomic mass is 10.2. The third-order valence-corrected chi connectivity index (χ3v) is 3.23.